The van der Waals surface area contributed by atoms with Crippen molar-refractivity contribution in [2.24, 2.45) is 0 Å². The standard InChI is InChI=1S/C10H6ClFN2O2/c1-5-4-6-8(14(15)16)3-2-7(12)9(6)13-10(5)11/h2-4H,1H3. The van der Waals surface area contributed by atoms with Crippen LogP contribution in [0, 0.1) is 22.9 Å². The van der Waals surface area contributed by atoms with Crippen molar-refractivity contribution >= 4 is 28.2 Å². The van der Waals surface area contributed by atoms with Gasteiger partial charge < -0.3 is 0 Å². The minimum atomic E-state index is -0.623. The molecule has 0 aliphatic heterocycles. The second-order valence-corrected chi connectivity index (χ2v) is 3.67. The third kappa shape index (κ3) is 1.59. The molecule has 0 radical (unpaired) electrons. The molecule has 0 bridgehead atoms. The SMILES string of the molecule is Cc1cc2c([N+](=O)[O-])ccc(F)c2nc1Cl. The highest BCUT2D eigenvalue weighted by Gasteiger charge is 2.16. The van der Waals surface area contributed by atoms with E-state index in [4.69, 9.17) is 11.6 Å². The number of non-ortho nitro benzene ring substituents is 1. The van der Waals surface area contributed by atoms with Crippen LogP contribution < -0.4 is 0 Å². The van der Waals surface area contributed by atoms with E-state index in [2.05, 4.69) is 4.98 Å². The lowest BCUT2D eigenvalue weighted by atomic mass is 10.1. The van der Waals surface area contributed by atoms with Crippen molar-refractivity contribution < 1.29 is 9.31 Å². The monoisotopic (exact) mass is 240 g/mol. The molecule has 1 aromatic carbocycles. The van der Waals surface area contributed by atoms with Crippen LogP contribution in [0.15, 0.2) is 18.2 Å². The Bertz CT molecular complexity index is 601. The lowest BCUT2D eigenvalue weighted by Crippen LogP contribution is -1.94. The molecular formula is C10H6ClFN2O2. The molecule has 4 nitrogen and oxygen atoms in total. The van der Waals surface area contributed by atoms with Crippen LogP contribution in [0.5, 0.6) is 0 Å². The zero-order chi connectivity index (χ0) is 11.9. The minimum Gasteiger partial charge on any atom is -0.258 e. The smallest absolute Gasteiger partial charge is 0.258 e. The van der Waals surface area contributed by atoms with E-state index in [0.717, 1.165) is 12.1 Å². The average Bonchev–Trinajstić information content (AvgIpc) is 2.21. The van der Waals surface area contributed by atoms with E-state index in [1.54, 1.807) is 6.92 Å². The molecule has 1 aromatic heterocycles. The summed E-state index contributed by atoms with van der Waals surface area (Å²) < 4.78 is 13.4. The number of hydrogen-bond donors (Lipinski definition) is 0. The number of hydrogen-bond acceptors (Lipinski definition) is 3. The molecule has 6 heteroatoms. The van der Waals surface area contributed by atoms with Crippen LogP contribution >= 0.6 is 11.6 Å². The quantitative estimate of drug-likeness (QED) is 0.437. The second-order valence-electron chi connectivity index (χ2n) is 3.32. The number of rotatable bonds is 1. The molecule has 1 heterocycles. The van der Waals surface area contributed by atoms with Gasteiger partial charge in [-0.1, -0.05) is 11.6 Å². The summed E-state index contributed by atoms with van der Waals surface area (Å²) in [5.74, 6) is -0.623. The van der Waals surface area contributed by atoms with Crippen molar-refractivity contribution in [2.45, 2.75) is 6.92 Å². The number of aryl methyl sites for hydroxylation is 1. The molecule has 2 rings (SSSR count). The van der Waals surface area contributed by atoms with E-state index in [1.807, 2.05) is 0 Å². The highest BCUT2D eigenvalue weighted by molar-refractivity contribution is 6.30. The van der Waals surface area contributed by atoms with E-state index in [0.29, 0.717) is 5.56 Å². The minimum absolute atomic E-state index is 0.0789. The van der Waals surface area contributed by atoms with Crippen LogP contribution in [0.2, 0.25) is 5.15 Å². The Labute approximate surface area is 94.8 Å². The lowest BCUT2D eigenvalue weighted by molar-refractivity contribution is -0.383. The van der Waals surface area contributed by atoms with Crippen LogP contribution in [0.3, 0.4) is 0 Å². The summed E-state index contributed by atoms with van der Waals surface area (Å²) in [5.41, 5.74) is 0.316. The molecule has 82 valence electrons. The summed E-state index contributed by atoms with van der Waals surface area (Å²) in [4.78, 5) is 14.0. The van der Waals surface area contributed by atoms with Crippen molar-refractivity contribution in [3.8, 4) is 0 Å². The first-order chi connectivity index (χ1) is 7.50. The topological polar surface area (TPSA) is 56.0 Å². The fraction of sp³-hybridized carbons (Fsp3) is 0.100. The number of nitro benzene ring substituents is 1. The Balaban J connectivity index is 2.93. The van der Waals surface area contributed by atoms with Crippen molar-refractivity contribution in [3.05, 3.63) is 44.8 Å². The molecule has 0 N–H and O–H groups in total. The normalized spacial score (nSPS) is 10.7. The van der Waals surface area contributed by atoms with Crippen LogP contribution in [0.4, 0.5) is 10.1 Å². The summed E-state index contributed by atoms with van der Waals surface area (Å²) in [6.45, 7) is 1.66. The highest BCUT2D eigenvalue weighted by Crippen LogP contribution is 2.29. The first-order valence-electron chi connectivity index (χ1n) is 4.40. The van der Waals surface area contributed by atoms with Gasteiger partial charge in [-0.15, -0.1) is 0 Å². The van der Waals surface area contributed by atoms with Gasteiger partial charge in [0, 0.05) is 6.07 Å². The molecule has 2 aromatic rings. The molecule has 0 amide bonds. The lowest BCUT2D eigenvalue weighted by Gasteiger charge is -2.03. The van der Waals surface area contributed by atoms with Crippen LogP contribution in [0.1, 0.15) is 5.56 Å². The van der Waals surface area contributed by atoms with Crippen molar-refractivity contribution in [1.82, 2.24) is 4.98 Å². The molecule has 0 aliphatic carbocycles. The van der Waals surface area contributed by atoms with Gasteiger partial charge in [-0.25, -0.2) is 9.37 Å². The number of nitrogens with zero attached hydrogens (tertiary/aromatic N) is 2. The molecule has 0 saturated carbocycles. The molecule has 16 heavy (non-hydrogen) atoms. The Kier molecular flexibility index (Phi) is 2.47. The molecular weight excluding hydrogens is 235 g/mol. The van der Waals surface area contributed by atoms with Gasteiger partial charge >= 0.3 is 0 Å². The molecule has 0 aliphatic rings. The van der Waals surface area contributed by atoms with E-state index in [1.165, 1.54) is 6.07 Å². The Morgan fingerprint density at radius 1 is 1.50 bits per heavy atom. The molecule has 0 fully saturated rings. The fourth-order valence-corrected chi connectivity index (χ4v) is 1.59. The third-order valence-electron chi connectivity index (χ3n) is 2.24. The Hall–Kier alpha value is -1.75. The average molecular weight is 241 g/mol. The number of halogens is 2. The van der Waals surface area contributed by atoms with Crippen molar-refractivity contribution in [2.75, 3.05) is 0 Å². The molecule has 0 spiro atoms. The first-order valence-corrected chi connectivity index (χ1v) is 4.78. The Morgan fingerprint density at radius 2 is 2.19 bits per heavy atom. The van der Waals surface area contributed by atoms with Gasteiger partial charge in [0.05, 0.1) is 10.3 Å². The number of aromatic nitrogens is 1. The maximum atomic E-state index is 13.4. The molecule has 0 unspecified atom stereocenters. The zero-order valence-electron chi connectivity index (χ0n) is 8.20. The number of nitro groups is 1. The van der Waals surface area contributed by atoms with Gasteiger partial charge in [0.2, 0.25) is 0 Å². The summed E-state index contributed by atoms with van der Waals surface area (Å²) in [7, 11) is 0. The van der Waals surface area contributed by atoms with Gasteiger partial charge in [0.15, 0.2) is 0 Å². The summed E-state index contributed by atoms with van der Waals surface area (Å²) in [5, 5.41) is 11.0. The maximum absolute atomic E-state index is 13.4. The largest absolute Gasteiger partial charge is 0.278 e. The van der Waals surface area contributed by atoms with Gasteiger partial charge in [-0.2, -0.15) is 0 Å². The van der Waals surface area contributed by atoms with E-state index in [-0.39, 0.29) is 21.7 Å². The predicted octanol–water partition coefficient (Wildman–Crippen LogP) is 3.24. The first kappa shape index (κ1) is 10.8. The van der Waals surface area contributed by atoms with Crippen LogP contribution in [-0.2, 0) is 0 Å². The van der Waals surface area contributed by atoms with Gasteiger partial charge in [-0.05, 0) is 24.6 Å². The molecule has 0 saturated heterocycles. The van der Waals surface area contributed by atoms with Gasteiger partial charge in [0.1, 0.15) is 16.5 Å². The number of fused-ring (bicyclic) bond motifs is 1. The Morgan fingerprint density at radius 3 is 2.81 bits per heavy atom. The maximum Gasteiger partial charge on any atom is 0.278 e. The van der Waals surface area contributed by atoms with Crippen LogP contribution in [-0.4, -0.2) is 9.91 Å². The zero-order valence-corrected chi connectivity index (χ0v) is 8.95. The van der Waals surface area contributed by atoms with E-state index < -0.39 is 10.7 Å². The second kappa shape index (κ2) is 3.68. The predicted molar refractivity (Wildman–Crippen MR) is 58.1 cm³/mol. The van der Waals surface area contributed by atoms with Crippen LogP contribution in [0.25, 0.3) is 10.9 Å². The summed E-state index contributed by atoms with van der Waals surface area (Å²) in [6.07, 6.45) is 0. The number of pyridine rings is 1. The summed E-state index contributed by atoms with van der Waals surface area (Å²) in [6, 6.07) is 3.59. The third-order valence-corrected chi connectivity index (χ3v) is 2.62. The van der Waals surface area contributed by atoms with Crippen molar-refractivity contribution in [1.29, 1.82) is 0 Å². The van der Waals surface area contributed by atoms with Gasteiger partial charge in [0.25, 0.3) is 5.69 Å². The fourth-order valence-electron chi connectivity index (χ4n) is 1.45. The van der Waals surface area contributed by atoms with E-state index in [9.17, 15) is 14.5 Å². The highest BCUT2D eigenvalue weighted by atomic mass is 35.5. The summed E-state index contributed by atoms with van der Waals surface area (Å²) >= 11 is 5.74. The van der Waals surface area contributed by atoms with Gasteiger partial charge in [-0.3, -0.25) is 10.1 Å². The van der Waals surface area contributed by atoms with Crippen molar-refractivity contribution in [3.63, 3.8) is 0 Å². The van der Waals surface area contributed by atoms with E-state index >= 15 is 0 Å². The molecule has 0 atom stereocenters. The number of benzene rings is 1.